The van der Waals surface area contributed by atoms with Crippen molar-refractivity contribution in [3.63, 3.8) is 0 Å². The average Bonchev–Trinajstić information content (AvgIpc) is 3.99. The van der Waals surface area contributed by atoms with Crippen molar-refractivity contribution in [1.82, 2.24) is 40.9 Å². The van der Waals surface area contributed by atoms with Gasteiger partial charge in [-0.05, 0) is 67.8 Å². The molecule has 1 atom stereocenters. The number of amides is 7. The Balaban J connectivity index is 0.650. The second-order valence-corrected chi connectivity index (χ2v) is 16.8. The molecule has 21 heteroatoms. The van der Waals surface area contributed by atoms with Crippen LogP contribution in [0.5, 0.6) is 5.75 Å². The predicted molar refractivity (Wildman–Crippen MR) is 247 cm³/mol. The van der Waals surface area contributed by atoms with Crippen LogP contribution < -0.4 is 35.8 Å². The molecule has 2 aromatic heterocycles. The molecule has 0 bridgehead atoms. The second kappa shape index (κ2) is 22.0. The van der Waals surface area contributed by atoms with Gasteiger partial charge in [0.05, 0.1) is 68.3 Å². The van der Waals surface area contributed by atoms with Crippen molar-refractivity contribution in [2.75, 3.05) is 108 Å². The van der Waals surface area contributed by atoms with E-state index in [1.807, 2.05) is 18.2 Å². The predicted octanol–water partition coefficient (Wildman–Crippen LogP) is 1.44. The van der Waals surface area contributed by atoms with E-state index in [2.05, 4.69) is 51.1 Å². The Morgan fingerprint density at radius 1 is 0.765 bits per heavy atom. The van der Waals surface area contributed by atoms with Crippen LogP contribution in [0.2, 0.25) is 0 Å². The number of nitrogens with zero attached hydrogens (tertiary/aromatic N) is 6. The van der Waals surface area contributed by atoms with Gasteiger partial charge in [-0.25, -0.2) is 4.98 Å². The quantitative estimate of drug-likeness (QED) is 0.0660. The number of hydrogen-bond donors (Lipinski definition) is 5. The molecule has 358 valence electrons. The first kappa shape index (κ1) is 47.3. The number of aromatic nitrogens is 3. The highest BCUT2D eigenvalue weighted by Crippen LogP contribution is 2.33. The molecule has 68 heavy (non-hydrogen) atoms. The summed E-state index contributed by atoms with van der Waals surface area (Å²) in [6.45, 7) is 6.35. The molecule has 0 spiro atoms. The van der Waals surface area contributed by atoms with Crippen LogP contribution in [-0.4, -0.2) is 165 Å². The maximum Gasteiger partial charge on any atom is 0.274 e. The van der Waals surface area contributed by atoms with E-state index in [-0.39, 0.29) is 59.8 Å². The number of pyridine rings is 1. The van der Waals surface area contributed by atoms with Gasteiger partial charge < -0.3 is 40.0 Å². The van der Waals surface area contributed by atoms with Gasteiger partial charge in [-0.2, -0.15) is 5.10 Å². The van der Waals surface area contributed by atoms with Gasteiger partial charge in [0.2, 0.25) is 23.6 Å². The number of imide groups is 2. The maximum atomic E-state index is 13.2. The number of carbonyl (C=O) groups is 7. The van der Waals surface area contributed by atoms with Crippen LogP contribution in [0.15, 0.2) is 66.9 Å². The first-order valence-electron chi connectivity index (χ1n) is 22.8. The fourth-order valence-electron chi connectivity index (χ4n) is 8.73. The Kier molecular flexibility index (Phi) is 15.3. The lowest BCUT2D eigenvalue weighted by molar-refractivity contribution is -0.136. The van der Waals surface area contributed by atoms with Crippen molar-refractivity contribution < 1.29 is 47.8 Å². The Labute approximate surface area is 392 Å². The molecule has 0 saturated carbocycles. The lowest BCUT2D eigenvalue weighted by Crippen LogP contribution is -2.54. The van der Waals surface area contributed by atoms with E-state index in [4.69, 9.17) is 14.2 Å². The Hall–Kier alpha value is -7.23. The third-order valence-corrected chi connectivity index (χ3v) is 12.4. The van der Waals surface area contributed by atoms with Crippen molar-refractivity contribution in [2.24, 2.45) is 5.92 Å². The SMILES string of the molecule is COc1cc(N2CCN(CC(=O)NCCOCCOCCNC(=O)C3CCN(c4ccc5c(c4)C(=O)N(C4CCC(=O)NC4=O)C5=O)CC3)CC2)ccc1NC(=O)c1cccc(-c2ccn[nH]2)n1. The van der Waals surface area contributed by atoms with E-state index in [0.717, 1.165) is 16.3 Å². The van der Waals surface area contributed by atoms with Gasteiger partial charge in [0.25, 0.3) is 17.7 Å². The van der Waals surface area contributed by atoms with E-state index in [1.165, 1.54) is 0 Å². The Morgan fingerprint density at radius 3 is 2.19 bits per heavy atom. The van der Waals surface area contributed by atoms with E-state index in [9.17, 15) is 33.6 Å². The first-order valence-corrected chi connectivity index (χ1v) is 22.8. The van der Waals surface area contributed by atoms with Crippen molar-refractivity contribution in [3.8, 4) is 17.1 Å². The second-order valence-electron chi connectivity index (χ2n) is 16.8. The summed E-state index contributed by atoms with van der Waals surface area (Å²) in [4.78, 5) is 101. The third kappa shape index (κ3) is 11.3. The van der Waals surface area contributed by atoms with Crippen LogP contribution in [-0.2, 0) is 28.7 Å². The monoisotopic (exact) mass is 933 g/mol. The number of ether oxygens (including phenoxy) is 3. The lowest BCUT2D eigenvalue weighted by Gasteiger charge is -2.36. The molecular formula is C47H55N11O10. The molecule has 4 aromatic rings. The number of piperidine rings is 2. The average molecular weight is 934 g/mol. The van der Waals surface area contributed by atoms with Crippen molar-refractivity contribution in [1.29, 1.82) is 0 Å². The smallest absolute Gasteiger partial charge is 0.274 e. The number of carbonyl (C=O) groups excluding carboxylic acids is 7. The topological polar surface area (TPSA) is 250 Å². The maximum absolute atomic E-state index is 13.2. The minimum Gasteiger partial charge on any atom is -0.494 e. The molecular weight excluding hydrogens is 879 g/mol. The molecule has 3 fully saturated rings. The Bertz CT molecular complexity index is 2500. The molecule has 3 saturated heterocycles. The largest absolute Gasteiger partial charge is 0.494 e. The van der Waals surface area contributed by atoms with Crippen LogP contribution in [0.3, 0.4) is 0 Å². The number of piperazine rings is 1. The molecule has 0 aliphatic carbocycles. The highest BCUT2D eigenvalue weighted by molar-refractivity contribution is 6.23. The zero-order valence-corrected chi connectivity index (χ0v) is 37.8. The summed E-state index contributed by atoms with van der Waals surface area (Å²) in [6, 6.07) is 16.7. The lowest BCUT2D eigenvalue weighted by atomic mass is 9.95. The number of anilines is 3. The summed E-state index contributed by atoms with van der Waals surface area (Å²) in [5, 5.41) is 17.8. The standard InChI is InChI=1S/C47H55N11O10/c1-66-40-28-32(6-8-37(40)52-44(62)38-4-2-3-35(51-38)36-11-14-50-54-36)57-21-19-55(20-22-57)29-42(60)48-15-23-67-25-26-68-24-16-49-43(61)30-12-17-56(18-13-30)31-5-7-33-34(27-31)47(65)58(46(33)64)39-9-10-41(59)53-45(39)63/h2-8,11,14,27-28,30,39H,9-10,12-13,15-26,29H2,1H3,(H,48,60)(H,49,61)(H,50,54)(H,52,62)(H,53,59,63). The van der Waals surface area contributed by atoms with Gasteiger partial charge in [-0.3, -0.25) is 53.8 Å². The minimum atomic E-state index is -1.02. The molecule has 5 N–H and O–H groups in total. The Morgan fingerprint density at radius 2 is 1.47 bits per heavy atom. The van der Waals surface area contributed by atoms with Crippen LogP contribution in [0.25, 0.3) is 11.4 Å². The highest BCUT2D eigenvalue weighted by Gasteiger charge is 2.45. The summed E-state index contributed by atoms with van der Waals surface area (Å²) >= 11 is 0. The number of methoxy groups -OCH3 is 1. The van der Waals surface area contributed by atoms with E-state index in [1.54, 1.807) is 55.8 Å². The molecule has 8 rings (SSSR count). The molecule has 7 amide bonds. The number of hydrogen-bond acceptors (Lipinski definition) is 15. The van der Waals surface area contributed by atoms with Crippen molar-refractivity contribution in [3.05, 3.63) is 83.7 Å². The summed E-state index contributed by atoms with van der Waals surface area (Å²) in [6.07, 6.45) is 3.00. The van der Waals surface area contributed by atoms with Gasteiger partial charge in [0.15, 0.2) is 0 Å². The summed E-state index contributed by atoms with van der Waals surface area (Å²) < 4.78 is 16.9. The summed E-state index contributed by atoms with van der Waals surface area (Å²) in [7, 11) is 1.56. The minimum absolute atomic E-state index is 0.0464. The van der Waals surface area contributed by atoms with Gasteiger partial charge in [0.1, 0.15) is 17.5 Å². The van der Waals surface area contributed by atoms with Crippen LogP contribution in [0.1, 0.15) is 56.9 Å². The van der Waals surface area contributed by atoms with Crippen molar-refractivity contribution >= 4 is 58.4 Å². The zero-order chi connectivity index (χ0) is 47.6. The highest BCUT2D eigenvalue weighted by atomic mass is 16.5. The van der Waals surface area contributed by atoms with Gasteiger partial charge >= 0.3 is 0 Å². The molecule has 21 nitrogen and oxygen atoms in total. The third-order valence-electron chi connectivity index (χ3n) is 12.4. The molecule has 4 aliphatic heterocycles. The van der Waals surface area contributed by atoms with Crippen LogP contribution in [0.4, 0.5) is 17.1 Å². The van der Waals surface area contributed by atoms with Crippen molar-refractivity contribution in [2.45, 2.75) is 31.7 Å². The molecule has 6 heterocycles. The number of benzene rings is 2. The van der Waals surface area contributed by atoms with Gasteiger partial charge in [0, 0.05) is 88.3 Å². The molecule has 1 unspecified atom stereocenters. The molecule has 2 aromatic carbocycles. The van der Waals surface area contributed by atoms with Crippen LogP contribution >= 0.6 is 0 Å². The van der Waals surface area contributed by atoms with Gasteiger partial charge in [-0.15, -0.1) is 0 Å². The van der Waals surface area contributed by atoms with E-state index < -0.39 is 29.7 Å². The fourth-order valence-corrected chi connectivity index (χ4v) is 8.73. The zero-order valence-electron chi connectivity index (χ0n) is 37.8. The van der Waals surface area contributed by atoms with E-state index >= 15 is 0 Å². The molecule has 0 radical (unpaired) electrons. The number of H-pyrrole nitrogens is 1. The number of rotatable bonds is 19. The number of nitrogens with one attached hydrogen (secondary N) is 5. The first-order chi connectivity index (χ1) is 33.1. The normalized spacial score (nSPS) is 17.8. The summed E-state index contributed by atoms with van der Waals surface area (Å²) in [5.41, 5.74) is 4.26. The van der Waals surface area contributed by atoms with Gasteiger partial charge in [-0.1, -0.05) is 6.07 Å². The molecule has 4 aliphatic rings. The summed E-state index contributed by atoms with van der Waals surface area (Å²) in [5.74, 6) is -2.31. The number of aromatic amines is 1. The van der Waals surface area contributed by atoms with Crippen LogP contribution in [0, 0.1) is 5.92 Å². The fraction of sp³-hybridized carbons (Fsp3) is 0.426. The number of fused-ring (bicyclic) bond motifs is 1. The van der Waals surface area contributed by atoms with E-state index in [0.29, 0.717) is 114 Å².